The molecule has 23 heavy (non-hydrogen) atoms. The molecule has 0 aromatic heterocycles. The molecule has 1 aliphatic carbocycles. The van der Waals surface area contributed by atoms with Gasteiger partial charge in [-0.3, -0.25) is 0 Å². The van der Waals surface area contributed by atoms with E-state index >= 15 is 0 Å². The summed E-state index contributed by atoms with van der Waals surface area (Å²) < 4.78 is 5.36. The van der Waals surface area contributed by atoms with Gasteiger partial charge in [0.1, 0.15) is 5.60 Å². The number of amides is 1. The second-order valence-electron chi connectivity index (χ2n) is 8.70. The number of hydrogen-bond donors (Lipinski definition) is 2. The van der Waals surface area contributed by atoms with E-state index in [4.69, 9.17) is 4.74 Å². The number of carbonyl (C=O) groups is 1. The van der Waals surface area contributed by atoms with Crippen molar-refractivity contribution in [2.24, 2.45) is 11.8 Å². The Kier molecular flexibility index (Phi) is 5.95. The van der Waals surface area contributed by atoms with Gasteiger partial charge in [0.05, 0.1) is 0 Å². The van der Waals surface area contributed by atoms with Gasteiger partial charge in [-0.1, -0.05) is 0 Å². The summed E-state index contributed by atoms with van der Waals surface area (Å²) in [4.78, 5) is 14.3. The van der Waals surface area contributed by atoms with Crippen molar-refractivity contribution in [3.63, 3.8) is 0 Å². The van der Waals surface area contributed by atoms with Crippen LogP contribution in [-0.4, -0.2) is 55.4 Å². The van der Waals surface area contributed by atoms with Crippen LogP contribution in [0, 0.1) is 11.8 Å². The van der Waals surface area contributed by atoms with Gasteiger partial charge in [-0.05, 0) is 85.4 Å². The molecule has 134 valence electrons. The number of nitrogens with zero attached hydrogens (tertiary/aromatic N) is 1. The van der Waals surface area contributed by atoms with Crippen LogP contribution in [0.4, 0.5) is 4.79 Å². The minimum absolute atomic E-state index is 0.0209. The first-order chi connectivity index (χ1) is 10.7. The molecule has 5 nitrogen and oxygen atoms in total. The zero-order valence-electron chi connectivity index (χ0n) is 15.6. The van der Waals surface area contributed by atoms with Crippen molar-refractivity contribution >= 4 is 6.09 Å². The molecule has 1 saturated heterocycles. The molecular formula is C18H35N3O2. The average molecular weight is 325 g/mol. The van der Waals surface area contributed by atoms with Gasteiger partial charge in [-0.25, -0.2) is 4.79 Å². The van der Waals surface area contributed by atoms with E-state index in [0.717, 1.165) is 6.54 Å². The van der Waals surface area contributed by atoms with Crippen LogP contribution in [0.1, 0.15) is 53.4 Å². The Bertz CT molecular complexity index is 404. The molecule has 0 aromatic rings. The third-order valence-electron chi connectivity index (χ3n) is 4.99. The summed E-state index contributed by atoms with van der Waals surface area (Å²) in [6.45, 7) is 12.0. The fourth-order valence-electron chi connectivity index (χ4n) is 3.46. The van der Waals surface area contributed by atoms with E-state index in [1.54, 1.807) is 0 Å². The lowest BCUT2D eigenvalue weighted by Crippen LogP contribution is -2.55. The van der Waals surface area contributed by atoms with Crippen LogP contribution in [-0.2, 0) is 4.74 Å². The van der Waals surface area contributed by atoms with Gasteiger partial charge >= 0.3 is 6.09 Å². The van der Waals surface area contributed by atoms with Gasteiger partial charge in [-0.2, -0.15) is 0 Å². The molecule has 2 fully saturated rings. The summed E-state index contributed by atoms with van der Waals surface area (Å²) in [5.74, 6) is 1.38. The molecule has 2 atom stereocenters. The second kappa shape index (κ2) is 7.39. The van der Waals surface area contributed by atoms with E-state index < -0.39 is 5.60 Å². The van der Waals surface area contributed by atoms with Crippen molar-refractivity contribution in [3.8, 4) is 0 Å². The third kappa shape index (κ3) is 6.30. The standard InChI is InChI=1S/C18H35N3O2/c1-17(2,3)23-16(22)19-13-18(4,15-8-9-15)20-11-14-7-6-10-21(5)12-14/h14-15,20H,6-13H2,1-5H3,(H,19,22). The van der Waals surface area contributed by atoms with E-state index in [1.165, 1.54) is 38.8 Å². The van der Waals surface area contributed by atoms with Crippen LogP contribution in [0.2, 0.25) is 0 Å². The molecule has 0 radical (unpaired) electrons. The fourth-order valence-corrected chi connectivity index (χ4v) is 3.46. The Labute approximate surface area is 141 Å². The number of nitrogens with one attached hydrogen (secondary N) is 2. The lowest BCUT2D eigenvalue weighted by atomic mass is 9.92. The van der Waals surface area contributed by atoms with Gasteiger partial charge < -0.3 is 20.3 Å². The highest BCUT2D eigenvalue weighted by Crippen LogP contribution is 2.39. The summed E-state index contributed by atoms with van der Waals surface area (Å²) >= 11 is 0. The van der Waals surface area contributed by atoms with Crippen LogP contribution in [0.3, 0.4) is 0 Å². The van der Waals surface area contributed by atoms with Crippen LogP contribution >= 0.6 is 0 Å². The number of piperidine rings is 1. The number of hydrogen-bond acceptors (Lipinski definition) is 4. The Morgan fingerprint density at radius 1 is 1.22 bits per heavy atom. The number of carbonyl (C=O) groups excluding carboxylic acids is 1. The first-order valence-corrected chi connectivity index (χ1v) is 9.08. The predicted molar refractivity (Wildman–Crippen MR) is 93.6 cm³/mol. The Morgan fingerprint density at radius 2 is 1.91 bits per heavy atom. The van der Waals surface area contributed by atoms with Crippen LogP contribution in [0.25, 0.3) is 0 Å². The maximum Gasteiger partial charge on any atom is 0.407 e. The topological polar surface area (TPSA) is 53.6 Å². The monoisotopic (exact) mass is 325 g/mol. The molecule has 0 aromatic carbocycles. The zero-order valence-corrected chi connectivity index (χ0v) is 15.6. The first-order valence-electron chi connectivity index (χ1n) is 9.08. The fraction of sp³-hybridized carbons (Fsp3) is 0.944. The molecule has 0 bridgehead atoms. The van der Waals surface area contributed by atoms with E-state index in [0.29, 0.717) is 18.4 Å². The summed E-state index contributed by atoms with van der Waals surface area (Å²) in [7, 11) is 2.20. The number of ether oxygens (including phenoxy) is 1. The predicted octanol–water partition coefficient (Wildman–Crippen LogP) is 2.61. The SMILES string of the molecule is CN1CCCC(CNC(C)(CNC(=O)OC(C)(C)C)C2CC2)C1. The average Bonchev–Trinajstić information content (AvgIpc) is 3.26. The molecule has 1 aliphatic heterocycles. The molecule has 5 heteroatoms. The smallest absolute Gasteiger partial charge is 0.407 e. The van der Waals surface area contributed by atoms with Gasteiger partial charge in [0.2, 0.25) is 0 Å². The van der Waals surface area contributed by atoms with Crippen molar-refractivity contribution in [3.05, 3.63) is 0 Å². The normalized spacial score (nSPS) is 25.7. The summed E-state index contributed by atoms with van der Waals surface area (Å²) in [6.07, 6.45) is 4.79. The van der Waals surface area contributed by atoms with E-state index in [2.05, 4.69) is 29.5 Å². The summed E-state index contributed by atoms with van der Waals surface area (Å²) in [6, 6.07) is 0. The lowest BCUT2D eigenvalue weighted by molar-refractivity contribution is 0.0506. The van der Waals surface area contributed by atoms with Crippen molar-refractivity contribution in [2.45, 2.75) is 64.5 Å². The van der Waals surface area contributed by atoms with Crippen LogP contribution in [0.5, 0.6) is 0 Å². The maximum absolute atomic E-state index is 11.9. The largest absolute Gasteiger partial charge is 0.444 e. The minimum atomic E-state index is -0.444. The van der Waals surface area contributed by atoms with Gasteiger partial charge in [0, 0.05) is 18.6 Å². The molecule has 2 N–H and O–H groups in total. The highest BCUT2D eigenvalue weighted by molar-refractivity contribution is 5.67. The Morgan fingerprint density at radius 3 is 2.48 bits per heavy atom. The van der Waals surface area contributed by atoms with Gasteiger partial charge in [0.25, 0.3) is 0 Å². The molecular weight excluding hydrogens is 290 g/mol. The van der Waals surface area contributed by atoms with Crippen LogP contribution in [0.15, 0.2) is 0 Å². The van der Waals surface area contributed by atoms with E-state index in [-0.39, 0.29) is 11.6 Å². The summed E-state index contributed by atoms with van der Waals surface area (Å²) in [5, 5.41) is 6.73. The van der Waals surface area contributed by atoms with E-state index in [9.17, 15) is 4.79 Å². The number of rotatable bonds is 6. The molecule has 1 amide bonds. The molecule has 0 spiro atoms. The van der Waals surface area contributed by atoms with Crippen molar-refractivity contribution in [1.29, 1.82) is 0 Å². The zero-order chi connectivity index (χ0) is 17.1. The minimum Gasteiger partial charge on any atom is -0.444 e. The highest BCUT2D eigenvalue weighted by Gasteiger charge is 2.42. The van der Waals surface area contributed by atoms with Gasteiger partial charge in [0.15, 0.2) is 0 Å². The number of alkyl carbamates (subject to hydrolysis) is 1. The molecule has 1 heterocycles. The first kappa shape index (κ1) is 18.5. The molecule has 2 aliphatic rings. The lowest BCUT2D eigenvalue weighted by Gasteiger charge is -2.36. The van der Waals surface area contributed by atoms with Gasteiger partial charge in [-0.15, -0.1) is 0 Å². The maximum atomic E-state index is 11.9. The third-order valence-corrected chi connectivity index (χ3v) is 4.99. The Balaban J connectivity index is 1.80. The van der Waals surface area contributed by atoms with Crippen molar-refractivity contribution in [2.75, 3.05) is 33.2 Å². The van der Waals surface area contributed by atoms with Crippen LogP contribution < -0.4 is 10.6 Å². The quantitative estimate of drug-likeness (QED) is 0.788. The molecule has 2 rings (SSSR count). The summed E-state index contributed by atoms with van der Waals surface area (Å²) in [5.41, 5.74) is -0.465. The second-order valence-corrected chi connectivity index (χ2v) is 8.70. The van der Waals surface area contributed by atoms with E-state index in [1.807, 2.05) is 20.8 Å². The van der Waals surface area contributed by atoms with Crippen molar-refractivity contribution < 1.29 is 9.53 Å². The highest BCUT2D eigenvalue weighted by atomic mass is 16.6. The molecule has 2 unspecified atom stereocenters. The Hall–Kier alpha value is -0.810. The molecule has 1 saturated carbocycles. The van der Waals surface area contributed by atoms with Crippen molar-refractivity contribution in [1.82, 2.24) is 15.5 Å². The number of likely N-dealkylation sites (tertiary alicyclic amines) is 1.